The van der Waals surface area contributed by atoms with Gasteiger partial charge in [-0.05, 0) is 54.9 Å². The molecule has 6 nitrogen and oxygen atoms in total. The highest BCUT2D eigenvalue weighted by Gasteiger charge is 2.22. The molecule has 0 aliphatic carbocycles. The topological polar surface area (TPSA) is 70.7 Å². The monoisotopic (exact) mass is 501 g/mol. The Labute approximate surface area is 221 Å². The van der Waals surface area contributed by atoms with Crippen molar-refractivity contribution in [2.24, 2.45) is 0 Å². The summed E-state index contributed by atoms with van der Waals surface area (Å²) in [5.74, 6) is 0.351. The van der Waals surface area contributed by atoms with Crippen molar-refractivity contribution in [1.82, 2.24) is 15.5 Å². The van der Waals surface area contributed by atoms with Crippen LogP contribution in [0.5, 0.6) is 5.75 Å². The van der Waals surface area contributed by atoms with Crippen LogP contribution in [0.25, 0.3) is 0 Å². The van der Waals surface area contributed by atoms with Gasteiger partial charge in [0.1, 0.15) is 18.4 Å². The number of ether oxygens (including phenoxy) is 1. The standard InChI is InChI=1S/C31H39N3O3/c1-4-5-7-12-29(35)33-30(31(36)32-21-24-13-15-25(16-14-24)22-34(2)3)27-17-19-28(20-18-27)37-23-26-10-8-6-9-11-26/h6,8-11,13-20,30H,4-5,7,12,21-23H2,1-3H3,(H,32,36)(H,33,35)/t30-/m0/s1. The van der Waals surface area contributed by atoms with E-state index in [2.05, 4.69) is 34.6 Å². The van der Waals surface area contributed by atoms with Gasteiger partial charge in [-0.2, -0.15) is 0 Å². The van der Waals surface area contributed by atoms with Gasteiger partial charge in [-0.1, -0.05) is 86.5 Å². The van der Waals surface area contributed by atoms with Gasteiger partial charge in [0.05, 0.1) is 0 Å². The van der Waals surface area contributed by atoms with Crippen LogP contribution in [-0.4, -0.2) is 30.8 Å². The number of hydrogen-bond donors (Lipinski definition) is 2. The molecule has 0 saturated heterocycles. The lowest BCUT2D eigenvalue weighted by molar-refractivity contribution is -0.129. The Balaban J connectivity index is 1.65. The van der Waals surface area contributed by atoms with Gasteiger partial charge in [-0.3, -0.25) is 9.59 Å². The summed E-state index contributed by atoms with van der Waals surface area (Å²) in [5, 5.41) is 5.94. The third-order valence-electron chi connectivity index (χ3n) is 6.03. The van der Waals surface area contributed by atoms with Gasteiger partial charge in [0.2, 0.25) is 11.8 Å². The number of hydrogen-bond acceptors (Lipinski definition) is 4. The molecule has 0 bridgehead atoms. The van der Waals surface area contributed by atoms with Crippen LogP contribution >= 0.6 is 0 Å². The maximum Gasteiger partial charge on any atom is 0.247 e. The van der Waals surface area contributed by atoms with Crippen molar-refractivity contribution in [2.75, 3.05) is 14.1 Å². The van der Waals surface area contributed by atoms with E-state index in [4.69, 9.17) is 4.74 Å². The predicted octanol–water partition coefficient (Wildman–Crippen LogP) is 5.38. The molecule has 3 aromatic carbocycles. The third-order valence-corrected chi connectivity index (χ3v) is 6.03. The maximum absolute atomic E-state index is 13.2. The molecule has 37 heavy (non-hydrogen) atoms. The SMILES string of the molecule is CCCCCC(=O)N[C@H](C(=O)NCc1ccc(CN(C)C)cc1)c1ccc(OCc2ccccc2)cc1. The Morgan fingerprint density at radius 1 is 0.838 bits per heavy atom. The van der Waals surface area contributed by atoms with Crippen molar-refractivity contribution < 1.29 is 14.3 Å². The first-order valence-electron chi connectivity index (χ1n) is 13.0. The molecule has 2 amide bonds. The molecule has 3 rings (SSSR count). The van der Waals surface area contributed by atoms with Crippen LogP contribution in [0.15, 0.2) is 78.9 Å². The second kappa shape index (κ2) is 14.8. The van der Waals surface area contributed by atoms with Gasteiger partial charge in [0.25, 0.3) is 0 Å². The van der Waals surface area contributed by atoms with E-state index in [0.29, 0.717) is 25.3 Å². The van der Waals surface area contributed by atoms with E-state index in [1.807, 2.05) is 80.8 Å². The number of carbonyl (C=O) groups excluding carboxylic acids is 2. The summed E-state index contributed by atoms with van der Waals surface area (Å²) in [6, 6.07) is 24.7. The van der Waals surface area contributed by atoms with Crippen molar-refractivity contribution >= 4 is 11.8 Å². The highest BCUT2D eigenvalue weighted by Crippen LogP contribution is 2.20. The van der Waals surface area contributed by atoms with E-state index >= 15 is 0 Å². The summed E-state index contributed by atoms with van der Waals surface area (Å²) in [6.07, 6.45) is 3.24. The van der Waals surface area contributed by atoms with Gasteiger partial charge in [0, 0.05) is 19.5 Å². The Kier molecular flexibility index (Phi) is 11.2. The first-order valence-corrected chi connectivity index (χ1v) is 13.0. The first-order chi connectivity index (χ1) is 17.9. The third kappa shape index (κ3) is 9.73. The molecule has 0 aliphatic rings. The molecule has 3 aromatic rings. The Bertz CT molecular complexity index is 1100. The molecule has 0 radical (unpaired) electrons. The van der Waals surface area contributed by atoms with Crippen molar-refractivity contribution in [3.05, 3.63) is 101 Å². The summed E-state index contributed by atoms with van der Waals surface area (Å²) in [5.41, 5.74) is 4.02. The van der Waals surface area contributed by atoms with Crippen LogP contribution in [-0.2, 0) is 29.3 Å². The van der Waals surface area contributed by atoms with Gasteiger partial charge in [-0.25, -0.2) is 0 Å². The summed E-state index contributed by atoms with van der Waals surface area (Å²) < 4.78 is 5.88. The van der Waals surface area contributed by atoms with Crippen LogP contribution in [0.2, 0.25) is 0 Å². The average molecular weight is 502 g/mol. The van der Waals surface area contributed by atoms with Crippen LogP contribution in [0.4, 0.5) is 0 Å². The quantitative estimate of drug-likeness (QED) is 0.291. The molecule has 196 valence electrons. The molecule has 0 heterocycles. The second-order valence-electron chi connectivity index (χ2n) is 9.57. The summed E-state index contributed by atoms with van der Waals surface area (Å²) >= 11 is 0. The lowest BCUT2D eigenvalue weighted by Crippen LogP contribution is -2.40. The number of unbranched alkanes of at least 4 members (excludes halogenated alkanes) is 2. The fraction of sp³-hybridized carbons (Fsp3) is 0.355. The molecule has 0 aliphatic heterocycles. The van der Waals surface area contributed by atoms with Crippen molar-refractivity contribution in [1.29, 1.82) is 0 Å². The molecular formula is C31H39N3O3. The molecule has 0 spiro atoms. The van der Waals surface area contributed by atoms with E-state index in [1.165, 1.54) is 5.56 Å². The van der Waals surface area contributed by atoms with E-state index in [1.54, 1.807) is 0 Å². The van der Waals surface area contributed by atoms with E-state index in [9.17, 15) is 9.59 Å². The molecule has 2 N–H and O–H groups in total. The van der Waals surface area contributed by atoms with Crippen molar-refractivity contribution in [3.63, 3.8) is 0 Å². The minimum Gasteiger partial charge on any atom is -0.489 e. The average Bonchev–Trinajstić information content (AvgIpc) is 2.91. The lowest BCUT2D eigenvalue weighted by Gasteiger charge is -2.20. The second-order valence-corrected chi connectivity index (χ2v) is 9.57. The van der Waals surface area contributed by atoms with Crippen LogP contribution in [0, 0.1) is 0 Å². The van der Waals surface area contributed by atoms with Gasteiger partial charge in [0.15, 0.2) is 0 Å². The molecule has 0 fully saturated rings. The number of carbonyl (C=O) groups is 2. The van der Waals surface area contributed by atoms with Crippen molar-refractivity contribution in [3.8, 4) is 5.75 Å². The summed E-state index contributed by atoms with van der Waals surface area (Å²) in [4.78, 5) is 28.0. The molecule has 6 heteroatoms. The summed E-state index contributed by atoms with van der Waals surface area (Å²) in [7, 11) is 4.07. The molecule has 0 unspecified atom stereocenters. The molecular weight excluding hydrogens is 462 g/mol. The van der Waals surface area contributed by atoms with Gasteiger partial charge in [-0.15, -0.1) is 0 Å². The van der Waals surface area contributed by atoms with Crippen molar-refractivity contribution in [2.45, 2.75) is 58.3 Å². The normalized spacial score (nSPS) is 11.7. The highest BCUT2D eigenvalue weighted by molar-refractivity contribution is 5.88. The molecule has 0 aromatic heterocycles. The zero-order valence-electron chi connectivity index (χ0n) is 22.2. The molecule has 1 atom stereocenters. The van der Waals surface area contributed by atoms with Crippen LogP contribution in [0.3, 0.4) is 0 Å². The minimum absolute atomic E-state index is 0.119. The Morgan fingerprint density at radius 3 is 2.16 bits per heavy atom. The number of rotatable bonds is 14. The number of nitrogens with zero attached hydrogens (tertiary/aromatic N) is 1. The van der Waals surface area contributed by atoms with Gasteiger partial charge >= 0.3 is 0 Å². The number of benzene rings is 3. The highest BCUT2D eigenvalue weighted by atomic mass is 16.5. The Hall–Kier alpha value is -3.64. The number of nitrogens with one attached hydrogen (secondary N) is 2. The first kappa shape index (κ1) is 27.9. The predicted molar refractivity (Wildman–Crippen MR) is 148 cm³/mol. The van der Waals surface area contributed by atoms with E-state index < -0.39 is 6.04 Å². The zero-order valence-corrected chi connectivity index (χ0v) is 22.2. The fourth-order valence-electron chi connectivity index (χ4n) is 3.99. The molecule has 0 saturated carbocycles. The summed E-state index contributed by atoms with van der Waals surface area (Å²) in [6.45, 7) is 3.82. The van der Waals surface area contributed by atoms with E-state index in [0.717, 1.165) is 42.5 Å². The van der Waals surface area contributed by atoms with E-state index in [-0.39, 0.29) is 11.8 Å². The van der Waals surface area contributed by atoms with Crippen LogP contribution < -0.4 is 15.4 Å². The van der Waals surface area contributed by atoms with Crippen LogP contribution in [0.1, 0.15) is 60.9 Å². The zero-order chi connectivity index (χ0) is 26.5. The number of amides is 2. The fourth-order valence-corrected chi connectivity index (χ4v) is 3.99. The Morgan fingerprint density at radius 2 is 1.51 bits per heavy atom. The largest absolute Gasteiger partial charge is 0.489 e. The lowest BCUT2D eigenvalue weighted by atomic mass is 10.0. The maximum atomic E-state index is 13.2. The minimum atomic E-state index is -0.773. The smallest absolute Gasteiger partial charge is 0.247 e. The van der Waals surface area contributed by atoms with Gasteiger partial charge < -0.3 is 20.3 Å².